The second-order valence-corrected chi connectivity index (χ2v) is 5.53. The van der Waals surface area contributed by atoms with E-state index in [1.54, 1.807) is 18.4 Å². The highest BCUT2D eigenvalue weighted by molar-refractivity contribution is 7.97. The molecule has 1 aromatic heterocycles. The molecule has 5 heteroatoms. The Morgan fingerprint density at radius 2 is 2.18 bits per heavy atom. The molecule has 0 spiro atoms. The Hall–Kier alpha value is -1.20. The molecule has 0 aliphatic rings. The monoisotopic (exact) mass is 266 g/mol. The Kier molecular flexibility index (Phi) is 3.91. The highest BCUT2D eigenvalue weighted by atomic mass is 32.2. The zero-order valence-electron chi connectivity index (χ0n) is 9.74. The van der Waals surface area contributed by atoms with E-state index in [1.165, 1.54) is 32.5 Å². The molecule has 3 nitrogen and oxygen atoms in total. The van der Waals surface area contributed by atoms with Crippen molar-refractivity contribution in [3.8, 4) is 0 Å². The highest BCUT2D eigenvalue weighted by Crippen LogP contribution is 2.32. The number of nitrogens with one attached hydrogen (secondary N) is 2. The molecule has 0 aliphatic carbocycles. The van der Waals surface area contributed by atoms with Gasteiger partial charge in [-0.05, 0) is 35.9 Å². The minimum absolute atomic E-state index is 0.159. The van der Waals surface area contributed by atoms with Crippen molar-refractivity contribution in [2.45, 2.75) is 12.7 Å². The lowest BCUT2D eigenvalue weighted by molar-refractivity contribution is 0.248. The van der Waals surface area contributed by atoms with Crippen LogP contribution in [0.1, 0.15) is 10.4 Å². The topological polar surface area (TPSA) is 41.1 Å². The second-order valence-electron chi connectivity index (χ2n) is 3.62. The Bertz CT molecular complexity index is 536. The van der Waals surface area contributed by atoms with Crippen LogP contribution in [-0.4, -0.2) is 13.1 Å². The van der Waals surface area contributed by atoms with Gasteiger partial charge >= 0.3 is 6.03 Å². The molecular formula is C12H14N2OS2. The maximum Gasteiger partial charge on any atom is 0.324 e. The van der Waals surface area contributed by atoms with Crippen LogP contribution in [0.25, 0.3) is 10.1 Å². The summed E-state index contributed by atoms with van der Waals surface area (Å²) in [5.41, 5.74) is 1.32. The summed E-state index contributed by atoms with van der Waals surface area (Å²) in [6.45, 7) is 2.13. The normalized spacial score (nSPS) is 10.5. The number of amides is 2. The van der Waals surface area contributed by atoms with Gasteiger partial charge in [0.25, 0.3) is 0 Å². The molecule has 0 atom stereocenters. The molecule has 0 unspecified atom stereocenters. The summed E-state index contributed by atoms with van der Waals surface area (Å²) >= 11 is 3.21. The van der Waals surface area contributed by atoms with Gasteiger partial charge in [0, 0.05) is 22.4 Å². The summed E-state index contributed by atoms with van der Waals surface area (Å²) in [6.07, 6.45) is 0. The van der Waals surface area contributed by atoms with Gasteiger partial charge in [0.15, 0.2) is 0 Å². The van der Waals surface area contributed by atoms with E-state index in [2.05, 4.69) is 41.2 Å². The van der Waals surface area contributed by atoms with Gasteiger partial charge in [-0.15, -0.1) is 11.3 Å². The van der Waals surface area contributed by atoms with Gasteiger partial charge in [-0.3, -0.25) is 4.72 Å². The molecular weight excluding hydrogens is 252 g/mol. The van der Waals surface area contributed by atoms with Crippen molar-refractivity contribution in [1.82, 2.24) is 10.0 Å². The molecule has 0 aliphatic heterocycles. The SMILES string of the molecule is CNC(=O)NSCc1sc2ccccc2c1C. The molecule has 2 aromatic rings. The largest absolute Gasteiger partial charge is 0.341 e. The van der Waals surface area contributed by atoms with Crippen molar-refractivity contribution in [2.24, 2.45) is 0 Å². The molecule has 2 rings (SSSR count). The minimum atomic E-state index is -0.159. The van der Waals surface area contributed by atoms with Gasteiger partial charge in [0.1, 0.15) is 0 Å². The van der Waals surface area contributed by atoms with E-state index in [0.29, 0.717) is 0 Å². The van der Waals surface area contributed by atoms with Crippen molar-refractivity contribution in [3.05, 3.63) is 34.7 Å². The van der Waals surface area contributed by atoms with Crippen molar-refractivity contribution in [2.75, 3.05) is 7.05 Å². The summed E-state index contributed by atoms with van der Waals surface area (Å²) in [4.78, 5) is 12.3. The number of carbonyl (C=O) groups excluding carboxylic acids is 1. The summed E-state index contributed by atoms with van der Waals surface area (Å²) in [5.74, 6) is 0.804. The summed E-state index contributed by atoms with van der Waals surface area (Å²) in [5, 5.41) is 3.84. The first-order valence-electron chi connectivity index (χ1n) is 5.29. The molecule has 90 valence electrons. The molecule has 2 amide bonds. The van der Waals surface area contributed by atoms with E-state index < -0.39 is 0 Å². The first-order chi connectivity index (χ1) is 8.22. The van der Waals surface area contributed by atoms with E-state index in [-0.39, 0.29) is 6.03 Å². The predicted molar refractivity (Wildman–Crippen MR) is 75.4 cm³/mol. The van der Waals surface area contributed by atoms with Crippen molar-refractivity contribution in [3.63, 3.8) is 0 Å². The maximum atomic E-state index is 11.0. The third-order valence-electron chi connectivity index (χ3n) is 2.54. The molecule has 1 aromatic carbocycles. The molecule has 0 saturated heterocycles. The summed E-state index contributed by atoms with van der Waals surface area (Å²) < 4.78 is 4.03. The molecule has 0 fully saturated rings. The Morgan fingerprint density at radius 1 is 1.41 bits per heavy atom. The van der Waals surface area contributed by atoms with Crippen molar-refractivity contribution < 1.29 is 4.79 Å². The zero-order valence-corrected chi connectivity index (χ0v) is 11.4. The predicted octanol–water partition coefficient (Wildman–Crippen LogP) is 3.29. The fourth-order valence-electron chi connectivity index (χ4n) is 1.58. The minimum Gasteiger partial charge on any atom is -0.341 e. The number of aryl methyl sites for hydroxylation is 1. The molecule has 0 bridgehead atoms. The Labute approximate surface area is 109 Å². The smallest absolute Gasteiger partial charge is 0.324 e. The number of thiophene rings is 1. The van der Waals surface area contributed by atoms with Crippen LogP contribution < -0.4 is 10.0 Å². The molecule has 0 radical (unpaired) electrons. The zero-order chi connectivity index (χ0) is 12.3. The van der Waals surface area contributed by atoms with Gasteiger partial charge in [-0.25, -0.2) is 4.79 Å². The molecule has 2 N–H and O–H groups in total. The fraction of sp³-hybridized carbons (Fsp3) is 0.250. The summed E-state index contributed by atoms with van der Waals surface area (Å²) in [6, 6.07) is 8.22. The lowest BCUT2D eigenvalue weighted by atomic mass is 10.2. The average molecular weight is 266 g/mol. The number of fused-ring (bicyclic) bond motifs is 1. The van der Waals surface area contributed by atoms with Crippen LogP contribution in [0, 0.1) is 6.92 Å². The first kappa shape index (κ1) is 12.3. The van der Waals surface area contributed by atoms with E-state index >= 15 is 0 Å². The highest BCUT2D eigenvalue weighted by Gasteiger charge is 2.08. The van der Waals surface area contributed by atoms with E-state index in [9.17, 15) is 4.79 Å². The standard InChI is InChI=1S/C12H14N2OS2/c1-8-9-5-3-4-6-10(9)17-11(8)7-16-14-12(15)13-2/h3-6H,7H2,1-2H3,(H2,13,14,15). The van der Waals surface area contributed by atoms with E-state index in [0.717, 1.165) is 5.75 Å². The van der Waals surface area contributed by atoms with Crippen LogP contribution in [0.3, 0.4) is 0 Å². The van der Waals surface area contributed by atoms with Gasteiger partial charge in [0.2, 0.25) is 0 Å². The second kappa shape index (κ2) is 5.42. The van der Waals surface area contributed by atoms with Crippen LogP contribution >= 0.6 is 23.3 Å². The lowest BCUT2D eigenvalue weighted by Crippen LogP contribution is -2.27. The van der Waals surface area contributed by atoms with E-state index in [4.69, 9.17) is 0 Å². The van der Waals surface area contributed by atoms with Gasteiger partial charge < -0.3 is 5.32 Å². The quantitative estimate of drug-likeness (QED) is 0.837. The summed E-state index contributed by atoms with van der Waals surface area (Å²) in [7, 11) is 1.61. The number of hydrogen-bond acceptors (Lipinski definition) is 3. The van der Waals surface area contributed by atoms with Crippen LogP contribution in [0.5, 0.6) is 0 Å². The average Bonchev–Trinajstić information content (AvgIpc) is 2.67. The van der Waals surface area contributed by atoms with Gasteiger partial charge in [-0.1, -0.05) is 18.2 Å². The van der Waals surface area contributed by atoms with Gasteiger partial charge in [0.05, 0.1) is 0 Å². The van der Waals surface area contributed by atoms with Crippen LogP contribution in [0.4, 0.5) is 4.79 Å². The molecule has 1 heterocycles. The number of urea groups is 1. The number of rotatable bonds is 3. The van der Waals surface area contributed by atoms with Crippen LogP contribution in [0.15, 0.2) is 24.3 Å². The number of hydrogen-bond donors (Lipinski definition) is 2. The van der Waals surface area contributed by atoms with Crippen molar-refractivity contribution in [1.29, 1.82) is 0 Å². The maximum absolute atomic E-state index is 11.0. The Balaban J connectivity index is 2.09. The van der Waals surface area contributed by atoms with Crippen molar-refractivity contribution >= 4 is 39.4 Å². The lowest BCUT2D eigenvalue weighted by Gasteiger charge is -2.02. The number of carbonyl (C=O) groups is 1. The van der Waals surface area contributed by atoms with Crippen LogP contribution in [0.2, 0.25) is 0 Å². The fourth-order valence-corrected chi connectivity index (χ4v) is 3.65. The van der Waals surface area contributed by atoms with Crippen LogP contribution in [-0.2, 0) is 5.75 Å². The third kappa shape index (κ3) is 2.73. The van der Waals surface area contributed by atoms with Gasteiger partial charge in [-0.2, -0.15) is 0 Å². The third-order valence-corrected chi connectivity index (χ3v) is 4.76. The molecule has 0 saturated carbocycles. The first-order valence-corrected chi connectivity index (χ1v) is 7.09. The molecule has 17 heavy (non-hydrogen) atoms. The Morgan fingerprint density at radius 3 is 2.88 bits per heavy atom. The van der Waals surface area contributed by atoms with E-state index in [1.807, 2.05) is 0 Å². The number of benzene rings is 1.